The van der Waals surface area contributed by atoms with Gasteiger partial charge in [0, 0.05) is 12.5 Å². The second-order valence-electron chi connectivity index (χ2n) is 9.37. The van der Waals surface area contributed by atoms with Crippen LogP contribution in [0.4, 0.5) is 0 Å². The number of epoxide rings is 1. The Morgan fingerprint density at radius 3 is 2.25 bits per heavy atom. The maximum Gasteiger partial charge on any atom is 0.191 e. The third-order valence-electron chi connectivity index (χ3n) is 6.82. The molecule has 1 aliphatic carbocycles. The van der Waals surface area contributed by atoms with Crippen LogP contribution in [0.1, 0.15) is 54.9 Å². The van der Waals surface area contributed by atoms with Gasteiger partial charge in [0.05, 0.1) is 11.7 Å². The summed E-state index contributed by atoms with van der Waals surface area (Å²) in [6.45, 7) is 22.0. The lowest BCUT2D eigenvalue weighted by Gasteiger charge is -2.47. The molecule has 0 unspecified atom stereocenters. The van der Waals surface area contributed by atoms with Gasteiger partial charge in [0.15, 0.2) is 8.32 Å². The minimum atomic E-state index is -1.67. The molecule has 118 valence electrons. The summed E-state index contributed by atoms with van der Waals surface area (Å²) in [5.74, 6) is 1.22. The molecule has 0 amide bonds. The Balaban J connectivity index is 2.11. The van der Waals surface area contributed by atoms with Crippen LogP contribution in [-0.2, 0) is 9.16 Å². The highest BCUT2D eigenvalue weighted by molar-refractivity contribution is 6.74. The van der Waals surface area contributed by atoms with Crippen LogP contribution >= 0.6 is 0 Å². The van der Waals surface area contributed by atoms with Crippen molar-refractivity contribution in [3.05, 3.63) is 0 Å². The lowest BCUT2D eigenvalue weighted by Crippen LogP contribution is -2.50. The fourth-order valence-electron chi connectivity index (χ4n) is 3.46. The van der Waals surface area contributed by atoms with Gasteiger partial charge in [0.1, 0.15) is 0 Å². The van der Waals surface area contributed by atoms with Crippen LogP contribution in [0.15, 0.2) is 0 Å². The minimum absolute atomic E-state index is 0.0678. The molecular formula is C17H34O2Si. The van der Waals surface area contributed by atoms with Crippen molar-refractivity contribution < 1.29 is 9.16 Å². The van der Waals surface area contributed by atoms with E-state index in [4.69, 9.17) is 9.16 Å². The normalized spacial score (nSPS) is 40.4. The van der Waals surface area contributed by atoms with Crippen LogP contribution in [0.5, 0.6) is 0 Å². The number of hydrogen-bond donors (Lipinski definition) is 0. The Kier molecular flexibility index (Phi) is 3.77. The van der Waals surface area contributed by atoms with Gasteiger partial charge in [-0.1, -0.05) is 41.5 Å². The molecule has 2 aliphatic rings. The molecule has 3 heteroatoms. The van der Waals surface area contributed by atoms with Gasteiger partial charge in [0.25, 0.3) is 0 Å². The van der Waals surface area contributed by atoms with E-state index >= 15 is 0 Å². The second kappa shape index (κ2) is 4.56. The number of ether oxygens (including phenoxy) is 1. The molecular weight excluding hydrogens is 264 g/mol. The van der Waals surface area contributed by atoms with Gasteiger partial charge in [-0.05, 0) is 42.8 Å². The number of rotatable bonds is 3. The summed E-state index contributed by atoms with van der Waals surface area (Å²) in [7, 11) is -1.67. The van der Waals surface area contributed by atoms with Crippen molar-refractivity contribution >= 4 is 8.32 Å². The fraction of sp³-hybridized carbons (Fsp3) is 1.00. The summed E-state index contributed by atoms with van der Waals surface area (Å²) >= 11 is 0. The maximum absolute atomic E-state index is 6.54. The van der Waals surface area contributed by atoms with Crippen molar-refractivity contribution in [2.75, 3.05) is 6.61 Å². The van der Waals surface area contributed by atoms with Gasteiger partial charge in [-0.15, -0.1) is 0 Å². The van der Waals surface area contributed by atoms with Crippen molar-refractivity contribution in [3.8, 4) is 0 Å². The third-order valence-corrected chi connectivity index (χ3v) is 11.3. The smallest absolute Gasteiger partial charge is 0.191 e. The van der Waals surface area contributed by atoms with Gasteiger partial charge in [-0.25, -0.2) is 0 Å². The molecule has 1 saturated heterocycles. The van der Waals surface area contributed by atoms with Gasteiger partial charge in [0.2, 0.25) is 0 Å². The van der Waals surface area contributed by atoms with Crippen LogP contribution in [-0.4, -0.2) is 26.6 Å². The van der Waals surface area contributed by atoms with Crippen molar-refractivity contribution in [2.45, 2.75) is 84.7 Å². The van der Waals surface area contributed by atoms with Gasteiger partial charge in [-0.2, -0.15) is 0 Å². The molecule has 2 fully saturated rings. The molecule has 1 heterocycles. The highest BCUT2D eigenvalue weighted by Crippen LogP contribution is 2.60. The summed E-state index contributed by atoms with van der Waals surface area (Å²) in [5, 5.41) is 0.280. The van der Waals surface area contributed by atoms with E-state index in [0.29, 0.717) is 23.4 Å². The molecule has 0 radical (unpaired) electrons. The zero-order valence-corrected chi connectivity index (χ0v) is 16.0. The Labute approximate surface area is 126 Å². The topological polar surface area (TPSA) is 21.8 Å². The zero-order chi connectivity index (χ0) is 15.6. The Bertz CT molecular complexity index is 383. The van der Waals surface area contributed by atoms with E-state index < -0.39 is 8.32 Å². The minimum Gasteiger partial charge on any atom is -0.416 e. The SMILES string of the molecule is C[C@H]1C[C@H]2O[C@@]2(C)[C@@H](CO[Si](C)(C)C(C)(C)C)C1(C)C. The number of fused-ring (bicyclic) bond motifs is 1. The summed E-state index contributed by atoms with van der Waals surface area (Å²) in [6, 6.07) is 0. The predicted molar refractivity (Wildman–Crippen MR) is 87.5 cm³/mol. The van der Waals surface area contributed by atoms with Crippen LogP contribution in [0.3, 0.4) is 0 Å². The van der Waals surface area contributed by atoms with E-state index in [-0.39, 0.29) is 10.6 Å². The maximum atomic E-state index is 6.54. The van der Waals surface area contributed by atoms with Crippen molar-refractivity contribution in [3.63, 3.8) is 0 Å². The molecule has 0 bridgehead atoms. The lowest BCUT2D eigenvalue weighted by atomic mass is 9.59. The summed E-state index contributed by atoms with van der Waals surface area (Å²) in [5.41, 5.74) is 0.364. The van der Waals surface area contributed by atoms with E-state index in [9.17, 15) is 0 Å². The first kappa shape index (κ1) is 16.5. The van der Waals surface area contributed by atoms with Gasteiger partial charge < -0.3 is 9.16 Å². The average molecular weight is 299 g/mol. The molecule has 0 aromatic heterocycles. The third kappa shape index (κ3) is 2.50. The summed E-state index contributed by atoms with van der Waals surface area (Å²) in [6.07, 6.45) is 1.68. The highest BCUT2D eigenvalue weighted by atomic mass is 28.4. The van der Waals surface area contributed by atoms with Crippen LogP contribution in [0.25, 0.3) is 0 Å². The van der Waals surface area contributed by atoms with E-state index in [1.165, 1.54) is 6.42 Å². The standard InChI is InChI=1S/C17H34O2Si/c1-12-10-14-17(7,19-14)13(16(12,5)6)11-18-20(8,9)15(2,3)4/h12-14H,10-11H2,1-9H3/t12-,13-,14+,17-/m0/s1. The Morgan fingerprint density at radius 1 is 1.20 bits per heavy atom. The van der Waals surface area contributed by atoms with Gasteiger partial charge in [-0.3, -0.25) is 0 Å². The van der Waals surface area contributed by atoms with Crippen LogP contribution in [0, 0.1) is 17.3 Å². The van der Waals surface area contributed by atoms with E-state index in [2.05, 4.69) is 61.6 Å². The molecule has 0 N–H and O–H groups in total. The molecule has 0 aromatic carbocycles. The molecule has 2 nitrogen and oxygen atoms in total. The molecule has 4 atom stereocenters. The van der Waals surface area contributed by atoms with Crippen molar-refractivity contribution in [2.24, 2.45) is 17.3 Å². The predicted octanol–water partition coefficient (Wildman–Crippen LogP) is 4.85. The molecule has 0 aromatic rings. The first-order chi connectivity index (χ1) is 8.82. The average Bonchev–Trinajstić information content (AvgIpc) is 2.87. The first-order valence-electron chi connectivity index (χ1n) is 8.14. The molecule has 1 aliphatic heterocycles. The Hall–Kier alpha value is 0.137. The van der Waals surface area contributed by atoms with E-state index in [1.54, 1.807) is 0 Å². The zero-order valence-electron chi connectivity index (χ0n) is 15.0. The molecule has 1 saturated carbocycles. The van der Waals surface area contributed by atoms with Crippen molar-refractivity contribution in [1.82, 2.24) is 0 Å². The highest BCUT2D eigenvalue weighted by Gasteiger charge is 2.66. The Morgan fingerprint density at radius 2 is 1.75 bits per heavy atom. The monoisotopic (exact) mass is 298 g/mol. The van der Waals surface area contributed by atoms with E-state index in [1.807, 2.05) is 0 Å². The lowest BCUT2D eigenvalue weighted by molar-refractivity contribution is 0.0103. The molecule has 20 heavy (non-hydrogen) atoms. The molecule has 2 rings (SSSR count). The first-order valence-corrected chi connectivity index (χ1v) is 11.0. The van der Waals surface area contributed by atoms with Crippen molar-refractivity contribution in [1.29, 1.82) is 0 Å². The summed E-state index contributed by atoms with van der Waals surface area (Å²) in [4.78, 5) is 0. The van der Waals surface area contributed by atoms with Gasteiger partial charge >= 0.3 is 0 Å². The largest absolute Gasteiger partial charge is 0.416 e. The molecule has 0 spiro atoms. The van der Waals surface area contributed by atoms with Crippen LogP contribution in [0.2, 0.25) is 18.1 Å². The fourth-order valence-corrected chi connectivity index (χ4v) is 4.47. The second-order valence-corrected chi connectivity index (χ2v) is 14.2. The van der Waals surface area contributed by atoms with Crippen LogP contribution < -0.4 is 0 Å². The van der Waals surface area contributed by atoms with E-state index in [0.717, 1.165) is 6.61 Å². The quantitative estimate of drug-likeness (QED) is 0.549. The summed E-state index contributed by atoms with van der Waals surface area (Å²) < 4.78 is 12.6. The number of hydrogen-bond acceptors (Lipinski definition) is 2.